The summed E-state index contributed by atoms with van der Waals surface area (Å²) in [5, 5.41) is 0. The number of methoxy groups -OCH3 is 3. The van der Waals surface area contributed by atoms with E-state index in [9.17, 15) is 4.79 Å². The van der Waals surface area contributed by atoms with Gasteiger partial charge in [-0.3, -0.25) is 4.79 Å². The molecule has 1 N–H and O–H groups in total. The van der Waals surface area contributed by atoms with Gasteiger partial charge in [0.2, 0.25) is 5.75 Å². The first kappa shape index (κ1) is 12.9. The molecule has 6 heteroatoms. The first-order valence-corrected chi connectivity index (χ1v) is 5.54. The van der Waals surface area contributed by atoms with Crippen LogP contribution in [0, 0.1) is 0 Å². The maximum absolute atomic E-state index is 11.7. The summed E-state index contributed by atoms with van der Waals surface area (Å²) in [5.41, 5.74) is 0.775. The van der Waals surface area contributed by atoms with Crippen LogP contribution in [0.5, 0.6) is 17.2 Å². The van der Waals surface area contributed by atoms with Crippen LogP contribution in [0.1, 0.15) is 0 Å². The van der Waals surface area contributed by atoms with Crippen molar-refractivity contribution >= 4 is 0 Å². The second kappa shape index (κ2) is 5.43. The Kier molecular flexibility index (Phi) is 3.70. The predicted molar refractivity (Wildman–Crippen MR) is 69.9 cm³/mol. The van der Waals surface area contributed by atoms with Gasteiger partial charge in [0.15, 0.2) is 0 Å². The van der Waals surface area contributed by atoms with Crippen molar-refractivity contribution < 1.29 is 14.2 Å². The number of nitrogens with zero attached hydrogens (tertiary/aromatic N) is 1. The molecule has 19 heavy (non-hydrogen) atoms. The fraction of sp³-hybridized carbons (Fsp3) is 0.231. The van der Waals surface area contributed by atoms with Crippen molar-refractivity contribution in [1.29, 1.82) is 0 Å². The normalized spacial score (nSPS) is 10.1. The summed E-state index contributed by atoms with van der Waals surface area (Å²) in [4.78, 5) is 18.3. The van der Waals surface area contributed by atoms with Crippen LogP contribution in [0.2, 0.25) is 0 Å². The molecule has 2 aromatic rings. The largest absolute Gasteiger partial charge is 0.497 e. The van der Waals surface area contributed by atoms with E-state index in [1.807, 2.05) is 0 Å². The summed E-state index contributed by atoms with van der Waals surface area (Å²) in [6.07, 6.45) is 1.33. The molecular formula is C13H14N2O4. The number of aromatic nitrogens is 2. The molecule has 2 rings (SSSR count). The van der Waals surface area contributed by atoms with E-state index in [0.29, 0.717) is 22.8 Å². The van der Waals surface area contributed by atoms with Gasteiger partial charge in [0.05, 0.1) is 27.7 Å². The second-order valence-electron chi connectivity index (χ2n) is 3.71. The Labute approximate surface area is 110 Å². The third-order valence-corrected chi connectivity index (χ3v) is 2.64. The molecule has 0 radical (unpaired) electrons. The first-order chi connectivity index (χ1) is 9.19. The van der Waals surface area contributed by atoms with E-state index in [0.717, 1.165) is 0 Å². The minimum Gasteiger partial charge on any atom is -0.497 e. The highest BCUT2D eigenvalue weighted by molar-refractivity contribution is 5.68. The minimum atomic E-state index is -0.339. The summed E-state index contributed by atoms with van der Waals surface area (Å²) >= 11 is 0. The van der Waals surface area contributed by atoms with E-state index in [1.165, 1.54) is 13.4 Å². The summed E-state index contributed by atoms with van der Waals surface area (Å²) in [6, 6.07) is 5.25. The monoisotopic (exact) mass is 262 g/mol. The molecule has 0 aliphatic heterocycles. The maximum atomic E-state index is 11.7. The van der Waals surface area contributed by atoms with Gasteiger partial charge in [0, 0.05) is 11.6 Å². The smallest absolute Gasteiger partial charge is 0.293 e. The van der Waals surface area contributed by atoms with Gasteiger partial charge >= 0.3 is 0 Å². The Hall–Kier alpha value is -2.50. The van der Waals surface area contributed by atoms with Gasteiger partial charge in [-0.05, 0) is 12.1 Å². The predicted octanol–water partition coefficient (Wildman–Crippen LogP) is 1.46. The second-order valence-corrected chi connectivity index (χ2v) is 3.71. The number of rotatable bonds is 4. The van der Waals surface area contributed by atoms with Crippen molar-refractivity contribution in [1.82, 2.24) is 9.97 Å². The van der Waals surface area contributed by atoms with Gasteiger partial charge in [-0.15, -0.1) is 0 Å². The lowest BCUT2D eigenvalue weighted by Crippen LogP contribution is -2.11. The molecule has 0 saturated heterocycles. The third-order valence-electron chi connectivity index (χ3n) is 2.64. The number of H-pyrrole nitrogens is 1. The highest BCUT2D eigenvalue weighted by atomic mass is 16.5. The minimum absolute atomic E-state index is 0.151. The van der Waals surface area contributed by atoms with Crippen molar-refractivity contribution in [2.24, 2.45) is 0 Å². The highest BCUT2D eigenvalue weighted by Crippen LogP contribution is 2.31. The van der Waals surface area contributed by atoms with Crippen LogP contribution in [0.3, 0.4) is 0 Å². The van der Waals surface area contributed by atoms with Gasteiger partial charge in [-0.1, -0.05) is 0 Å². The van der Waals surface area contributed by atoms with Crippen molar-refractivity contribution in [3.05, 3.63) is 34.9 Å². The third kappa shape index (κ3) is 2.52. The Morgan fingerprint density at radius 2 is 1.63 bits per heavy atom. The van der Waals surface area contributed by atoms with Gasteiger partial charge in [-0.2, -0.15) is 0 Å². The van der Waals surface area contributed by atoms with E-state index in [2.05, 4.69) is 9.97 Å². The molecule has 0 bridgehead atoms. The summed E-state index contributed by atoms with van der Waals surface area (Å²) in [5.74, 6) is 1.37. The van der Waals surface area contributed by atoms with Gasteiger partial charge < -0.3 is 19.2 Å². The summed E-state index contributed by atoms with van der Waals surface area (Å²) in [7, 11) is 4.54. The molecule has 0 aliphatic carbocycles. The first-order valence-electron chi connectivity index (χ1n) is 5.54. The number of aromatic amines is 1. The molecule has 1 aromatic carbocycles. The SMILES string of the molecule is COc1cc(OC)cc(-c2nc[nH]c(=O)c2OC)c1. The van der Waals surface area contributed by atoms with Crippen molar-refractivity contribution in [2.45, 2.75) is 0 Å². The molecule has 0 fully saturated rings. The molecule has 100 valence electrons. The Bertz CT molecular complexity index is 615. The average molecular weight is 262 g/mol. The topological polar surface area (TPSA) is 73.4 Å². The van der Waals surface area contributed by atoms with E-state index >= 15 is 0 Å². The summed E-state index contributed by atoms with van der Waals surface area (Å²) in [6.45, 7) is 0. The zero-order valence-corrected chi connectivity index (χ0v) is 10.9. The Morgan fingerprint density at radius 1 is 1.00 bits per heavy atom. The van der Waals surface area contributed by atoms with Crippen LogP contribution in [-0.2, 0) is 0 Å². The zero-order valence-electron chi connectivity index (χ0n) is 10.9. The van der Waals surface area contributed by atoms with Crippen LogP contribution in [0.15, 0.2) is 29.3 Å². The molecule has 0 unspecified atom stereocenters. The molecule has 0 saturated carbocycles. The Morgan fingerprint density at radius 3 is 2.16 bits per heavy atom. The highest BCUT2D eigenvalue weighted by Gasteiger charge is 2.13. The molecule has 0 atom stereocenters. The molecular weight excluding hydrogens is 248 g/mol. The number of benzene rings is 1. The quantitative estimate of drug-likeness (QED) is 0.903. The van der Waals surface area contributed by atoms with Crippen LogP contribution in [-0.4, -0.2) is 31.3 Å². The van der Waals surface area contributed by atoms with Gasteiger partial charge in [-0.25, -0.2) is 4.98 Å². The summed E-state index contributed by atoms with van der Waals surface area (Å²) < 4.78 is 15.5. The van der Waals surface area contributed by atoms with E-state index < -0.39 is 0 Å². The molecule has 1 heterocycles. The molecule has 1 aromatic heterocycles. The van der Waals surface area contributed by atoms with E-state index in [-0.39, 0.29) is 11.3 Å². The van der Waals surface area contributed by atoms with Crippen LogP contribution < -0.4 is 19.8 Å². The van der Waals surface area contributed by atoms with Crippen molar-refractivity contribution in [3.63, 3.8) is 0 Å². The lowest BCUT2D eigenvalue weighted by molar-refractivity contribution is 0.394. The number of ether oxygens (including phenoxy) is 3. The van der Waals surface area contributed by atoms with E-state index in [1.54, 1.807) is 32.4 Å². The standard InChI is InChI=1S/C13H14N2O4/c1-17-9-4-8(5-10(6-9)18-2)11-12(19-3)13(16)15-7-14-11/h4-7H,1-3H3,(H,14,15,16). The number of hydrogen-bond acceptors (Lipinski definition) is 5. The van der Waals surface area contributed by atoms with Gasteiger partial charge in [0.25, 0.3) is 5.56 Å². The zero-order chi connectivity index (χ0) is 13.8. The van der Waals surface area contributed by atoms with Crippen LogP contribution >= 0.6 is 0 Å². The molecule has 0 aliphatic rings. The molecule has 0 spiro atoms. The lowest BCUT2D eigenvalue weighted by atomic mass is 10.1. The van der Waals surface area contributed by atoms with Crippen molar-refractivity contribution in [2.75, 3.05) is 21.3 Å². The molecule has 0 amide bonds. The average Bonchev–Trinajstić information content (AvgIpc) is 2.46. The van der Waals surface area contributed by atoms with Crippen LogP contribution in [0.25, 0.3) is 11.3 Å². The number of hydrogen-bond donors (Lipinski definition) is 1. The maximum Gasteiger partial charge on any atom is 0.293 e. The Balaban J connectivity index is 2.64. The lowest BCUT2D eigenvalue weighted by Gasteiger charge is -2.10. The fourth-order valence-electron chi connectivity index (χ4n) is 1.73. The van der Waals surface area contributed by atoms with Crippen molar-refractivity contribution in [3.8, 4) is 28.5 Å². The van der Waals surface area contributed by atoms with Gasteiger partial charge in [0.1, 0.15) is 17.2 Å². The van der Waals surface area contributed by atoms with E-state index in [4.69, 9.17) is 14.2 Å². The van der Waals surface area contributed by atoms with Crippen LogP contribution in [0.4, 0.5) is 0 Å². The molecule has 6 nitrogen and oxygen atoms in total. The number of nitrogens with one attached hydrogen (secondary N) is 1. The fourth-order valence-corrected chi connectivity index (χ4v) is 1.73.